The minimum atomic E-state index is 0.0217. The zero-order valence-electron chi connectivity index (χ0n) is 10.5. The molecule has 0 atom stereocenters. The van der Waals surface area contributed by atoms with Crippen LogP contribution in [0.4, 0.5) is 0 Å². The molecular formula is C13H10ClN3O2S. The van der Waals surface area contributed by atoms with Crippen molar-refractivity contribution in [1.29, 1.82) is 0 Å². The number of aryl methyl sites for hydroxylation is 1. The van der Waals surface area contributed by atoms with E-state index in [1.807, 2.05) is 12.3 Å². The molecule has 2 aromatic heterocycles. The molecule has 20 heavy (non-hydrogen) atoms. The van der Waals surface area contributed by atoms with Crippen LogP contribution in [0.3, 0.4) is 0 Å². The van der Waals surface area contributed by atoms with Crippen molar-refractivity contribution < 1.29 is 9.63 Å². The first kappa shape index (κ1) is 13.1. The number of phenols is 1. The van der Waals surface area contributed by atoms with Crippen molar-refractivity contribution in [3.8, 4) is 17.2 Å². The minimum Gasteiger partial charge on any atom is -0.506 e. The predicted molar refractivity (Wildman–Crippen MR) is 76.1 cm³/mol. The summed E-state index contributed by atoms with van der Waals surface area (Å²) >= 11 is 7.42. The van der Waals surface area contributed by atoms with Crippen LogP contribution in [-0.4, -0.2) is 20.2 Å². The molecule has 0 saturated carbocycles. The van der Waals surface area contributed by atoms with Crippen molar-refractivity contribution in [2.24, 2.45) is 0 Å². The molecule has 1 aromatic carbocycles. The van der Waals surface area contributed by atoms with E-state index in [1.54, 1.807) is 23.5 Å². The van der Waals surface area contributed by atoms with E-state index in [-0.39, 0.29) is 10.8 Å². The van der Waals surface area contributed by atoms with Gasteiger partial charge in [0.05, 0.1) is 11.4 Å². The molecule has 0 aliphatic carbocycles. The Bertz CT molecular complexity index is 754. The fourth-order valence-electron chi connectivity index (χ4n) is 1.70. The van der Waals surface area contributed by atoms with E-state index in [4.69, 9.17) is 16.1 Å². The van der Waals surface area contributed by atoms with Gasteiger partial charge in [0, 0.05) is 16.6 Å². The lowest BCUT2D eigenvalue weighted by Crippen LogP contribution is -1.90. The number of aromatic hydroxyl groups is 1. The smallest absolute Gasteiger partial charge is 0.257 e. The van der Waals surface area contributed by atoms with E-state index < -0.39 is 0 Å². The van der Waals surface area contributed by atoms with Crippen LogP contribution in [0.15, 0.2) is 28.1 Å². The first-order valence-electron chi connectivity index (χ1n) is 5.84. The van der Waals surface area contributed by atoms with Crippen LogP contribution >= 0.6 is 22.9 Å². The number of hydrogen-bond donors (Lipinski definition) is 1. The standard InChI is InChI=1S/C13H10ClN3O2S/c1-7-6-20-12(15-7)5-11-16-13(19-17-11)8-2-3-10(18)9(14)4-8/h2-4,6,18H,5H2,1H3. The van der Waals surface area contributed by atoms with Crippen molar-refractivity contribution in [2.45, 2.75) is 13.3 Å². The van der Waals surface area contributed by atoms with Gasteiger partial charge in [0.1, 0.15) is 10.8 Å². The molecule has 7 heteroatoms. The summed E-state index contributed by atoms with van der Waals surface area (Å²) in [7, 11) is 0. The van der Waals surface area contributed by atoms with Crippen molar-refractivity contribution in [3.05, 3.63) is 45.1 Å². The third kappa shape index (κ3) is 2.66. The number of hydrogen-bond acceptors (Lipinski definition) is 6. The fraction of sp³-hybridized carbons (Fsp3) is 0.154. The Morgan fingerprint density at radius 2 is 2.20 bits per heavy atom. The molecule has 3 aromatic rings. The van der Waals surface area contributed by atoms with Gasteiger partial charge in [-0.3, -0.25) is 0 Å². The molecule has 2 heterocycles. The Hall–Kier alpha value is -1.92. The highest BCUT2D eigenvalue weighted by Crippen LogP contribution is 2.28. The third-order valence-corrected chi connectivity index (χ3v) is 3.91. The molecule has 0 radical (unpaired) electrons. The van der Waals surface area contributed by atoms with Crippen LogP contribution in [0.1, 0.15) is 16.5 Å². The molecule has 0 unspecified atom stereocenters. The SMILES string of the molecule is Cc1csc(Cc2noc(-c3ccc(O)c(Cl)c3)n2)n1. The Labute approximate surface area is 123 Å². The van der Waals surface area contributed by atoms with Crippen LogP contribution in [0.25, 0.3) is 11.5 Å². The summed E-state index contributed by atoms with van der Waals surface area (Å²) in [6.45, 7) is 1.94. The van der Waals surface area contributed by atoms with E-state index in [0.29, 0.717) is 23.7 Å². The zero-order chi connectivity index (χ0) is 14.1. The van der Waals surface area contributed by atoms with Crippen LogP contribution in [0.5, 0.6) is 5.75 Å². The van der Waals surface area contributed by atoms with E-state index >= 15 is 0 Å². The molecule has 0 spiro atoms. The largest absolute Gasteiger partial charge is 0.506 e. The summed E-state index contributed by atoms with van der Waals surface area (Å²) in [6.07, 6.45) is 0.536. The van der Waals surface area contributed by atoms with Gasteiger partial charge in [-0.25, -0.2) is 4.98 Å². The van der Waals surface area contributed by atoms with Gasteiger partial charge in [-0.05, 0) is 25.1 Å². The van der Waals surface area contributed by atoms with Gasteiger partial charge < -0.3 is 9.63 Å². The van der Waals surface area contributed by atoms with Crippen molar-refractivity contribution in [2.75, 3.05) is 0 Å². The second kappa shape index (κ2) is 5.22. The summed E-state index contributed by atoms with van der Waals surface area (Å²) < 4.78 is 5.20. The van der Waals surface area contributed by atoms with E-state index in [1.165, 1.54) is 6.07 Å². The Morgan fingerprint density at radius 1 is 1.35 bits per heavy atom. The fourth-order valence-corrected chi connectivity index (χ4v) is 2.65. The molecule has 0 fully saturated rings. The molecule has 0 amide bonds. The van der Waals surface area contributed by atoms with Crippen molar-refractivity contribution >= 4 is 22.9 Å². The number of aromatic nitrogens is 3. The van der Waals surface area contributed by atoms with Crippen LogP contribution in [0, 0.1) is 6.92 Å². The molecule has 0 bridgehead atoms. The van der Waals surface area contributed by atoms with Gasteiger partial charge in [-0.2, -0.15) is 4.98 Å². The summed E-state index contributed by atoms with van der Waals surface area (Å²) in [6, 6.07) is 4.75. The number of phenolic OH excluding ortho intramolecular Hbond substituents is 1. The van der Waals surface area contributed by atoms with Gasteiger partial charge in [0.15, 0.2) is 5.82 Å². The molecule has 0 aliphatic heterocycles. The predicted octanol–water partition coefficient (Wildman–Crippen LogP) is 3.45. The number of rotatable bonds is 3. The molecule has 5 nitrogen and oxygen atoms in total. The van der Waals surface area contributed by atoms with E-state index in [0.717, 1.165) is 10.7 Å². The first-order valence-corrected chi connectivity index (χ1v) is 7.10. The van der Waals surface area contributed by atoms with Crippen LogP contribution in [0.2, 0.25) is 5.02 Å². The van der Waals surface area contributed by atoms with E-state index in [2.05, 4.69) is 15.1 Å². The lowest BCUT2D eigenvalue weighted by Gasteiger charge is -1.97. The second-order valence-electron chi connectivity index (χ2n) is 4.24. The number of nitrogens with zero attached hydrogens (tertiary/aromatic N) is 3. The van der Waals surface area contributed by atoms with Gasteiger partial charge in [0.2, 0.25) is 0 Å². The monoisotopic (exact) mass is 307 g/mol. The highest BCUT2D eigenvalue weighted by Gasteiger charge is 2.12. The van der Waals surface area contributed by atoms with Crippen LogP contribution in [-0.2, 0) is 6.42 Å². The topological polar surface area (TPSA) is 72.0 Å². The summed E-state index contributed by atoms with van der Waals surface area (Å²) in [4.78, 5) is 8.66. The average molecular weight is 308 g/mol. The molecule has 3 rings (SSSR count). The van der Waals surface area contributed by atoms with Gasteiger partial charge in [0.25, 0.3) is 5.89 Å². The lowest BCUT2D eigenvalue weighted by molar-refractivity contribution is 0.423. The zero-order valence-corrected chi connectivity index (χ0v) is 12.1. The molecule has 0 saturated heterocycles. The highest BCUT2D eigenvalue weighted by atomic mass is 35.5. The summed E-state index contributed by atoms with van der Waals surface area (Å²) in [5.74, 6) is 0.960. The minimum absolute atomic E-state index is 0.0217. The maximum atomic E-state index is 9.39. The average Bonchev–Trinajstić information content (AvgIpc) is 3.03. The third-order valence-electron chi connectivity index (χ3n) is 2.64. The maximum absolute atomic E-state index is 9.39. The lowest BCUT2D eigenvalue weighted by atomic mass is 10.2. The Kier molecular flexibility index (Phi) is 3.42. The van der Waals surface area contributed by atoms with Gasteiger partial charge in [-0.1, -0.05) is 16.8 Å². The Morgan fingerprint density at radius 3 is 2.90 bits per heavy atom. The normalized spacial score (nSPS) is 10.9. The Balaban J connectivity index is 1.84. The van der Waals surface area contributed by atoms with Crippen molar-refractivity contribution in [3.63, 3.8) is 0 Å². The molecular weight excluding hydrogens is 298 g/mol. The second-order valence-corrected chi connectivity index (χ2v) is 5.59. The number of benzene rings is 1. The number of halogens is 1. The molecule has 1 N–H and O–H groups in total. The molecule has 102 valence electrons. The number of thiazole rings is 1. The van der Waals surface area contributed by atoms with Gasteiger partial charge >= 0.3 is 0 Å². The first-order chi connectivity index (χ1) is 9.61. The van der Waals surface area contributed by atoms with Crippen LogP contribution < -0.4 is 0 Å². The highest BCUT2D eigenvalue weighted by molar-refractivity contribution is 7.09. The summed E-state index contributed by atoms with van der Waals surface area (Å²) in [5, 5.41) is 16.5. The van der Waals surface area contributed by atoms with Gasteiger partial charge in [-0.15, -0.1) is 11.3 Å². The van der Waals surface area contributed by atoms with Crippen molar-refractivity contribution in [1.82, 2.24) is 15.1 Å². The van der Waals surface area contributed by atoms with E-state index in [9.17, 15) is 5.11 Å². The molecule has 0 aliphatic rings. The summed E-state index contributed by atoms with van der Waals surface area (Å²) in [5.41, 5.74) is 1.65. The maximum Gasteiger partial charge on any atom is 0.257 e. The quantitative estimate of drug-likeness (QED) is 0.802.